The molecule has 7 nitrogen and oxygen atoms in total. The third kappa shape index (κ3) is 4.95. The molecule has 0 aromatic heterocycles. The molecule has 0 saturated carbocycles. The number of benzene rings is 2. The summed E-state index contributed by atoms with van der Waals surface area (Å²) in [5, 5.41) is 2.87. The van der Waals surface area contributed by atoms with Gasteiger partial charge < -0.3 is 10.1 Å². The minimum absolute atomic E-state index is 0.0118. The van der Waals surface area contributed by atoms with Crippen molar-refractivity contribution in [2.75, 3.05) is 18.3 Å². The lowest BCUT2D eigenvalue weighted by atomic mass is 10.3. The summed E-state index contributed by atoms with van der Waals surface area (Å²) in [5.74, 6) is 0.242. The molecule has 0 spiro atoms. The van der Waals surface area contributed by atoms with E-state index < -0.39 is 20.0 Å². The molecule has 124 valence electrons. The normalized spacial score (nSPS) is 11.9. The zero-order valence-corrected chi connectivity index (χ0v) is 13.8. The van der Waals surface area contributed by atoms with Gasteiger partial charge in [-0.15, -0.1) is 0 Å². The Hall–Kier alpha value is -2.10. The van der Waals surface area contributed by atoms with E-state index in [1.807, 2.05) is 0 Å². The SMILES string of the molecule is CS(=O)(=O)c1cccc(NCOc2cccc(S(=O)(=O)O)c2)c1. The molecule has 0 aliphatic rings. The van der Waals surface area contributed by atoms with E-state index in [4.69, 9.17) is 9.29 Å². The van der Waals surface area contributed by atoms with E-state index in [0.29, 0.717) is 5.69 Å². The average molecular weight is 357 g/mol. The van der Waals surface area contributed by atoms with E-state index in [-0.39, 0.29) is 22.3 Å². The number of hydrogen-bond acceptors (Lipinski definition) is 6. The maximum atomic E-state index is 11.5. The Balaban J connectivity index is 2.03. The molecule has 9 heteroatoms. The number of hydrogen-bond donors (Lipinski definition) is 2. The summed E-state index contributed by atoms with van der Waals surface area (Å²) in [6.45, 7) is -0.0118. The van der Waals surface area contributed by atoms with Crippen molar-refractivity contribution in [3.05, 3.63) is 48.5 Å². The monoisotopic (exact) mass is 357 g/mol. The first-order valence-electron chi connectivity index (χ1n) is 6.40. The number of ether oxygens (including phenoxy) is 1. The molecule has 0 saturated heterocycles. The standard InChI is InChI=1S/C14H15NO6S2/c1-22(16,17)13-6-2-4-11(8-13)15-10-21-12-5-3-7-14(9-12)23(18,19)20/h2-9,15H,10H2,1H3,(H,18,19,20). The van der Waals surface area contributed by atoms with Crippen molar-refractivity contribution in [3.63, 3.8) is 0 Å². The lowest BCUT2D eigenvalue weighted by Gasteiger charge is -2.10. The Morgan fingerprint density at radius 3 is 2.30 bits per heavy atom. The highest BCUT2D eigenvalue weighted by Crippen LogP contribution is 2.18. The number of anilines is 1. The smallest absolute Gasteiger partial charge is 0.294 e. The van der Waals surface area contributed by atoms with Crippen LogP contribution in [-0.2, 0) is 20.0 Å². The summed E-state index contributed by atoms with van der Waals surface area (Å²) in [6.07, 6.45) is 1.11. The van der Waals surface area contributed by atoms with Crippen LogP contribution in [0.25, 0.3) is 0 Å². The average Bonchev–Trinajstić information content (AvgIpc) is 2.46. The molecule has 0 fully saturated rings. The fourth-order valence-electron chi connectivity index (χ4n) is 1.76. The van der Waals surface area contributed by atoms with Gasteiger partial charge in [0.15, 0.2) is 16.6 Å². The van der Waals surface area contributed by atoms with E-state index in [2.05, 4.69) is 5.32 Å². The van der Waals surface area contributed by atoms with Crippen molar-refractivity contribution in [2.45, 2.75) is 9.79 Å². The number of nitrogens with one attached hydrogen (secondary N) is 1. The first kappa shape index (κ1) is 17.3. The molecule has 0 heterocycles. The van der Waals surface area contributed by atoms with Crippen molar-refractivity contribution in [3.8, 4) is 5.75 Å². The van der Waals surface area contributed by atoms with Crippen LogP contribution in [0.2, 0.25) is 0 Å². The van der Waals surface area contributed by atoms with Crippen LogP contribution >= 0.6 is 0 Å². The Morgan fingerprint density at radius 1 is 1.00 bits per heavy atom. The van der Waals surface area contributed by atoms with Gasteiger partial charge in [0.05, 0.1) is 9.79 Å². The number of rotatable bonds is 6. The van der Waals surface area contributed by atoms with Crippen LogP contribution in [0.4, 0.5) is 5.69 Å². The Labute approximate surface area is 134 Å². The molecule has 2 aromatic carbocycles. The molecule has 2 rings (SSSR count). The van der Waals surface area contributed by atoms with Gasteiger partial charge in [0.1, 0.15) is 5.75 Å². The van der Waals surface area contributed by atoms with Gasteiger partial charge >= 0.3 is 0 Å². The quantitative estimate of drug-likeness (QED) is 0.599. The lowest BCUT2D eigenvalue weighted by Crippen LogP contribution is -2.10. The van der Waals surface area contributed by atoms with E-state index in [1.165, 1.54) is 36.4 Å². The molecule has 2 N–H and O–H groups in total. The molecule has 23 heavy (non-hydrogen) atoms. The minimum atomic E-state index is -4.29. The first-order chi connectivity index (χ1) is 10.7. The summed E-state index contributed by atoms with van der Waals surface area (Å²) in [7, 11) is -7.59. The fourth-order valence-corrected chi connectivity index (χ4v) is 2.95. The van der Waals surface area contributed by atoms with E-state index in [0.717, 1.165) is 6.26 Å². The summed E-state index contributed by atoms with van der Waals surface area (Å²) in [5.41, 5.74) is 0.541. The first-order valence-corrected chi connectivity index (χ1v) is 9.74. The summed E-state index contributed by atoms with van der Waals surface area (Å²) < 4.78 is 59.3. The van der Waals surface area contributed by atoms with Crippen molar-refractivity contribution in [1.29, 1.82) is 0 Å². The third-order valence-corrected chi connectivity index (χ3v) is 4.84. The molecule has 0 aliphatic carbocycles. The molecule has 0 bridgehead atoms. The van der Waals surface area contributed by atoms with Gasteiger partial charge in [0, 0.05) is 18.0 Å². The highest BCUT2D eigenvalue weighted by Gasteiger charge is 2.10. The molecular weight excluding hydrogens is 342 g/mol. The molecule has 0 unspecified atom stereocenters. The topological polar surface area (TPSA) is 110 Å². The molecule has 0 amide bonds. The molecule has 0 aliphatic heterocycles. The van der Waals surface area contributed by atoms with Crippen LogP contribution in [0.1, 0.15) is 0 Å². The summed E-state index contributed by atoms with van der Waals surface area (Å²) in [4.78, 5) is -0.0926. The Bertz CT molecular complexity index is 831. The molecule has 0 atom stereocenters. The van der Waals surface area contributed by atoms with Crippen LogP contribution in [0.3, 0.4) is 0 Å². The van der Waals surface area contributed by atoms with Gasteiger partial charge in [0.25, 0.3) is 10.1 Å². The van der Waals surface area contributed by atoms with Gasteiger partial charge in [0.2, 0.25) is 0 Å². The molecule has 0 radical (unpaired) electrons. The second kappa shape index (κ2) is 6.57. The van der Waals surface area contributed by atoms with Crippen LogP contribution in [-0.4, -0.2) is 34.4 Å². The van der Waals surface area contributed by atoms with Crippen molar-refractivity contribution in [2.24, 2.45) is 0 Å². The minimum Gasteiger partial charge on any atom is -0.473 e. The van der Waals surface area contributed by atoms with Crippen LogP contribution in [0.5, 0.6) is 5.75 Å². The Kier molecular flexibility index (Phi) is 4.93. The number of sulfone groups is 1. The van der Waals surface area contributed by atoms with Crippen LogP contribution in [0, 0.1) is 0 Å². The highest BCUT2D eigenvalue weighted by atomic mass is 32.2. The van der Waals surface area contributed by atoms with Crippen LogP contribution < -0.4 is 10.1 Å². The predicted molar refractivity (Wildman–Crippen MR) is 84.9 cm³/mol. The Morgan fingerprint density at radius 2 is 1.65 bits per heavy atom. The largest absolute Gasteiger partial charge is 0.473 e. The van der Waals surface area contributed by atoms with Gasteiger partial charge in [-0.05, 0) is 30.3 Å². The second-order valence-corrected chi connectivity index (χ2v) is 8.15. The van der Waals surface area contributed by atoms with E-state index >= 15 is 0 Å². The van der Waals surface area contributed by atoms with E-state index in [1.54, 1.807) is 12.1 Å². The van der Waals surface area contributed by atoms with Gasteiger partial charge in [-0.1, -0.05) is 12.1 Å². The zero-order valence-electron chi connectivity index (χ0n) is 12.1. The van der Waals surface area contributed by atoms with Crippen molar-refractivity contribution >= 4 is 25.6 Å². The highest BCUT2D eigenvalue weighted by molar-refractivity contribution is 7.90. The lowest BCUT2D eigenvalue weighted by molar-refractivity contribution is 0.345. The fraction of sp³-hybridized carbons (Fsp3) is 0.143. The predicted octanol–water partition coefficient (Wildman–Crippen LogP) is 1.79. The maximum absolute atomic E-state index is 11.5. The zero-order chi connectivity index (χ0) is 17.1. The van der Waals surface area contributed by atoms with Crippen LogP contribution in [0.15, 0.2) is 58.3 Å². The van der Waals surface area contributed by atoms with Gasteiger partial charge in [-0.2, -0.15) is 8.42 Å². The third-order valence-electron chi connectivity index (χ3n) is 2.88. The van der Waals surface area contributed by atoms with E-state index in [9.17, 15) is 16.8 Å². The maximum Gasteiger partial charge on any atom is 0.294 e. The molecule has 2 aromatic rings. The van der Waals surface area contributed by atoms with Crippen molar-refractivity contribution in [1.82, 2.24) is 0 Å². The second-order valence-electron chi connectivity index (χ2n) is 4.72. The van der Waals surface area contributed by atoms with Gasteiger partial charge in [-0.3, -0.25) is 4.55 Å². The summed E-state index contributed by atoms with van der Waals surface area (Å²) >= 11 is 0. The van der Waals surface area contributed by atoms with Crippen molar-refractivity contribution < 1.29 is 26.1 Å². The van der Waals surface area contributed by atoms with Gasteiger partial charge in [-0.25, -0.2) is 8.42 Å². The molecular formula is C14H15NO6S2. The summed E-state index contributed by atoms with van der Waals surface area (Å²) in [6, 6.07) is 11.6.